The summed E-state index contributed by atoms with van der Waals surface area (Å²) in [5.74, 6) is 0.577. The van der Waals surface area contributed by atoms with Gasteiger partial charge in [0.25, 0.3) is 0 Å². The van der Waals surface area contributed by atoms with Gasteiger partial charge in [-0.1, -0.05) is 0 Å². The minimum Gasteiger partial charge on any atom is -0.387 e. The zero-order valence-corrected chi connectivity index (χ0v) is 14.2. The summed E-state index contributed by atoms with van der Waals surface area (Å²) in [5, 5.41) is 10.3. The second-order valence-electron chi connectivity index (χ2n) is 5.15. The zero-order chi connectivity index (χ0) is 17.5. The average Bonchev–Trinajstić information content (AvgIpc) is 3.04. The number of aliphatic hydroxyl groups is 1. The minimum absolute atomic E-state index is 0.158. The summed E-state index contributed by atoms with van der Waals surface area (Å²) in [4.78, 5) is 30.2. The Balaban J connectivity index is 2.01. The first kappa shape index (κ1) is 17.5. The fourth-order valence-corrected chi connectivity index (χ4v) is 3.72. The van der Waals surface area contributed by atoms with Gasteiger partial charge in [-0.3, -0.25) is 9.09 Å². The van der Waals surface area contributed by atoms with E-state index in [1.165, 1.54) is 29.0 Å². The van der Waals surface area contributed by atoms with Crippen LogP contribution in [0.1, 0.15) is 6.23 Å². The molecule has 1 saturated heterocycles. The van der Waals surface area contributed by atoms with Crippen molar-refractivity contribution >= 4 is 36.6 Å². The third kappa shape index (κ3) is 3.26. The Labute approximate surface area is 140 Å². The lowest BCUT2D eigenvalue weighted by atomic mass is 10.1. The fraction of sp³-hybridized carbons (Fsp3) is 0.545. The molecule has 2 aromatic heterocycles. The van der Waals surface area contributed by atoms with Gasteiger partial charge in [-0.05, 0) is 6.26 Å². The number of nitrogens with zero attached hydrogens (tertiary/aromatic N) is 4. The molecule has 0 spiro atoms. The highest BCUT2D eigenvalue weighted by atomic mass is 32.2. The maximum atomic E-state index is 11.3. The lowest BCUT2D eigenvalue weighted by Crippen LogP contribution is -2.34. The van der Waals surface area contributed by atoms with Crippen LogP contribution in [-0.2, 0) is 13.8 Å². The summed E-state index contributed by atoms with van der Waals surface area (Å²) in [5.41, 5.74) is 6.36. The summed E-state index contributed by atoms with van der Waals surface area (Å²) < 4.78 is 23.2. The van der Waals surface area contributed by atoms with Crippen molar-refractivity contribution in [1.82, 2.24) is 19.5 Å². The van der Waals surface area contributed by atoms with E-state index >= 15 is 0 Å². The van der Waals surface area contributed by atoms with E-state index < -0.39 is 32.4 Å². The number of nitrogens with two attached hydrogens (primary N) is 1. The third-order valence-corrected chi connectivity index (χ3v) is 4.74. The van der Waals surface area contributed by atoms with Gasteiger partial charge in [-0.15, -0.1) is 0 Å². The summed E-state index contributed by atoms with van der Waals surface area (Å²) in [7, 11) is -4.84. The molecule has 0 aliphatic carbocycles. The molecule has 5 N–H and O–H groups in total. The summed E-state index contributed by atoms with van der Waals surface area (Å²) in [6.07, 6.45) is 0.192. The lowest BCUT2D eigenvalue weighted by molar-refractivity contribution is -0.0281. The molecule has 3 rings (SSSR count). The topological polar surface area (TPSA) is 166 Å². The van der Waals surface area contributed by atoms with E-state index in [9.17, 15) is 9.67 Å². The van der Waals surface area contributed by atoms with Crippen LogP contribution in [0.5, 0.6) is 0 Å². The first-order valence-corrected chi connectivity index (χ1v) is 9.73. The maximum absolute atomic E-state index is 11.3. The summed E-state index contributed by atoms with van der Waals surface area (Å²) in [6, 6.07) is 0. The quantitative estimate of drug-likeness (QED) is 0.496. The number of thioether (sulfide) groups is 1. The highest BCUT2D eigenvalue weighted by Gasteiger charge is 2.48. The lowest BCUT2D eigenvalue weighted by Gasteiger charge is -2.22. The number of phosphoric ester groups is 1. The van der Waals surface area contributed by atoms with Crippen molar-refractivity contribution < 1.29 is 28.7 Å². The van der Waals surface area contributed by atoms with Crippen molar-refractivity contribution in [2.75, 3.05) is 17.7 Å². The number of imidazole rings is 1. The van der Waals surface area contributed by atoms with Crippen molar-refractivity contribution in [1.29, 1.82) is 0 Å². The van der Waals surface area contributed by atoms with Crippen LogP contribution in [-0.4, -0.2) is 64.7 Å². The number of phosphoric acid groups is 1. The van der Waals surface area contributed by atoms with Crippen molar-refractivity contribution in [2.24, 2.45) is 0 Å². The van der Waals surface area contributed by atoms with Crippen molar-refractivity contribution in [2.45, 2.75) is 24.5 Å². The Morgan fingerprint density at radius 2 is 2.21 bits per heavy atom. The van der Waals surface area contributed by atoms with E-state index in [-0.39, 0.29) is 5.82 Å². The maximum Gasteiger partial charge on any atom is 0.470 e. The molecule has 1 aliphatic rings. The van der Waals surface area contributed by atoms with Crippen LogP contribution in [0.3, 0.4) is 0 Å². The van der Waals surface area contributed by atoms with Crippen LogP contribution >= 0.6 is 19.6 Å². The van der Waals surface area contributed by atoms with E-state index in [0.29, 0.717) is 16.9 Å². The number of fused-ring (bicyclic) bond motifs is 1. The number of anilines is 1. The first-order valence-electron chi connectivity index (χ1n) is 6.81. The summed E-state index contributed by atoms with van der Waals surface area (Å²) in [6.45, 7) is 0. The molecule has 13 heteroatoms. The van der Waals surface area contributed by atoms with Gasteiger partial charge in [0.15, 0.2) is 17.7 Å². The van der Waals surface area contributed by atoms with E-state index in [0.717, 1.165) is 0 Å². The molecular formula is C11H16N5O6PS. The molecule has 3 heterocycles. The van der Waals surface area contributed by atoms with Gasteiger partial charge >= 0.3 is 7.82 Å². The molecule has 0 radical (unpaired) electrons. The fourth-order valence-electron chi connectivity index (χ4n) is 2.57. The standard InChI is InChI=1S/C11H16N5O6PS/c1-24-2-5-7(17)8(22-23(18,19)20)11(21-5)16-4-15-6-9(12)13-3-14-10(6)16/h3-5,7-8,11,17H,2H2,1H3,(H2,12,13,14)(H2,18,19,20)/t5-,7-,8-,11-/m1/s1. The van der Waals surface area contributed by atoms with Gasteiger partial charge in [0.2, 0.25) is 0 Å². The van der Waals surface area contributed by atoms with Crippen LogP contribution in [0.2, 0.25) is 0 Å². The molecule has 0 unspecified atom stereocenters. The predicted octanol–water partition coefficient (Wildman–Crippen LogP) is -0.492. The number of nitrogen functional groups attached to an aromatic ring is 1. The minimum atomic E-state index is -4.84. The molecule has 0 bridgehead atoms. The average molecular weight is 377 g/mol. The third-order valence-electron chi connectivity index (χ3n) is 3.56. The second kappa shape index (κ2) is 6.56. The smallest absolute Gasteiger partial charge is 0.387 e. The van der Waals surface area contributed by atoms with Gasteiger partial charge in [-0.25, -0.2) is 19.5 Å². The van der Waals surface area contributed by atoms with E-state index in [2.05, 4.69) is 15.0 Å². The van der Waals surface area contributed by atoms with Crippen LogP contribution < -0.4 is 5.73 Å². The Bertz CT molecular complexity index is 783. The molecule has 0 aromatic carbocycles. The van der Waals surface area contributed by atoms with Gasteiger partial charge in [0.1, 0.15) is 24.1 Å². The molecule has 2 aromatic rings. The number of ether oxygens (including phenoxy) is 1. The Hall–Kier alpha value is -1.27. The molecular weight excluding hydrogens is 361 g/mol. The van der Waals surface area contributed by atoms with Gasteiger partial charge in [-0.2, -0.15) is 11.8 Å². The Kier molecular flexibility index (Phi) is 4.80. The van der Waals surface area contributed by atoms with Crippen molar-refractivity contribution in [3.05, 3.63) is 12.7 Å². The zero-order valence-electron chi connectivity index (χ0n) is 12.5. The second-order valence-corrected chi connectivity index (χ2v) is 7.26. The SMILES string of the molecule is CSC[C@H]1O[C@@H](n2cnc3c(N)ncnc32)[C@H](OP(=O)(O)O)[C@@H]1O. The van der Waals surface area contributed by atoms with E-state index in [1.807, 2.05) is 6.26 Å². The molecule has 132 valence electrons. The molecule has 4 atom stereocenters. The summed E-state index contributed by atoms with van der Waals surface area (Å²) >= 11 is 1.42. The van der Waals surface area contributed by atoms with E-state index in [4.69, 9.17) is 24.8 Å². The predicted molar refractivity (Wildman–Crippen MR) is 85.0 cm³/mol. The first-order chi connectivity index (χ1) is 11.3. The molecule has 1 fully saturated rings. The largest absolute Gasteiger partial charge is 0.470 e. The Morgan fingerprint density at radius 3 is 2.88 bits per heavy atom. The van der Waals surface area contributed by atoms with Crippen LogP contribution in [0.25, 0.3) is 11.2 Å². The molecule has 11 nitrogen and oxygen atoms in total. The highest BCUT2D eigenvalue weighted by Crippen LogP contribution is 2.45. The molecule has 0 saturated carbocycles. The number of hydrogen-bond acceptors (Lipinski definition) is 9. The van der Waals surface area contributed by atoms with Crippen LogP contribution in [0.4, 0.5) is 5.82 Å². The van der Waals surface area contributed by atoms with Gasteiger partial charge in [0.05, 0.1) is 12.4 Å². The Morgan fingerprint density at radius 1 is 1.46 bits per heavy atom. The van der Waals surface area contributed by atoms with Crippen LogP contribution in [0.15, 0.2) is 12.7 Å². The monoisotopic (exact) mass is 377 g/mol. The normalized spacial score (nSPS) is 27.8. The van der Waals surface area contributed by atoms with Crippen molar-refractivity contribution in [3.63, 3.8) is 0 Å². The van der Waals surface area contributed by atoms with Gasteiger partial charge in [0, 0.05) is 5.75 Å². The molecule has 1 aliphatic heterocycles. The molecule has 0 amide bonds. The number of rotatable bonds is 5. The number of aliphatic hydroxyl groups excluding tert-OH is 1. The van der Waals surface area contributed by atoms with Crippen molar-refractivity contribution in [3.8, 4) is 0 Å². The number of aromatic nitrogens is 4. The van der Waals surface area contributed by atoms with Gasteiger partial charge < -0.3 is 25.4 Å². The highest BCUT2D eigenvalue weighted by molar-refractivity contribution is 7.98. The van der Waals surface area contributed by atoms with E-state index in [1.54, 1.807) is 0 Å². The number of hydrogen-bond donors (Lipinski definition) is 4. The molecule has 24 heavy (non-hydrogen) atoms. The van der Waals surface area contributed by atoms with Crippen LogP contribution in [0, 0.1) is 0 Å².